The van der Waals surface area contributed by atoms with Crippen molar-refractivity contribution >= 4 is 52.8 Å². The van der Waals surface area contributed by atoms with Gasteiger partial charge >= 0.3 is 0 Å². The smallest absolute Gasteiger partial charge is 0.247 e. The van der Waals surface area contributed by atoms with Gasteiger partial charge < -0.3 is 31.1 Å². The van der Waals surface area contributed by atoms with Crippen LogP contribution in [-0.2, 0) is 4.74 Å². The van der Waals surface area contributed by atoms with E-state index < -0.39 is 0 Å². The minimum absolute atomic E-state index is 0.341. The molecule has 36 heavy (non-hydrogen) atoms. The summed E-state index contributed by atoms with van der Waals surface area (Å²) in [5, 5.41) is 27.4. The number of rotatable bonds is 8. The number of piperazine rings is 1. The van der Waals surface area contributed by atoms with Gasteiger partial charge in [0.05, 0.1) is 29.2 Å². The summed E-state index contributed by atoms with van der Waals surface area (Å²) < 4.78 is 7.17. The number of aromatic nitrogens is 4. The van der Waals surface area contributed by atoms with Crippen LogP contribution in [0.4, 0.5) is 23.1 Å². The zero-order valence-electron chi connectivity index (χ0n) is 19.9. The number of halogens is 1. The van der Waals surface area contributed by atoms with Crippen molar-refractivity contribution in [2.24, 2.45) is 0 Å². The molecule has 1 saturated carbocycles. The fourth-order valence-electron chi connectivity index (χ4n) is 4.86. The predicted molar refractivity (Wildman–Crippen MR) is 141 cm³/mol. The third-order valence-electron chi connectivity index (χ3n) is 7.02. The fourth-order valence-corrected chi connectivity index (χ4v) is 5.14. The Morgan fingerprint density at radius 2 is 1.92 bits per heavy atom. The molecule has 2 aliphatic heterocycles. The van der Waals surface area contributed by atoms with Gasteiger partial charge in [0.2, 0.25) is 5.95 Å². The second-order valence-electron chi connectivity index (χ2n) is 9.48. The maximum Gasteiger partial charge on any atom is 0.247 e. The van der Waals surface area contributed by atoms with E-state index in [2.05, 4.69) is 35.5 Å². The van der Waals surface area contributed by atoms with Crippen molar-refractivity contribution in [1.82, 2.24) is 24.5 Å². The Morgan fingerprint density at radius 1 is 1.08 bits per heavy atom. The minimum Gasteiger partial charge on any atom is -0.380 e. The van der Waals surface area contributed by atoms with Crippen LogP contribution in [0, 0.1) is 10.8 Å². The van der Waals surface area contributed by atoms with Crippen molar-refractivity contribution in [3.8, 4) is 0 Å². The molecular formula is C24H29ClN10O. The highest BCUT2D eigenvalue weighted by Gasteiger charge is 2.28. The number of fused-ring (bicyclic) bond motifs is 1. The fraction of sp³-hybridized carbons (Fsp3) is 0.458. The Kier molecular flexibility index (Phi) is 6.20. The van der Waals surface area contributed by atoms with Crippen molar-refractivity contribution in [2.75, 3.05) is 54.9 Å². The monoisotopic (exact) mass is 508 g/mol. The van der Waals surface area contributed by atoms with E-state index in [4.69, 9.17) is 27.2 Å². The zero-order valence-corrected chi connectivity index (χ0v) is 20.6. The van der Waals surface area contributed by atoms with Crippen molar-refractivity contribution in [3.63, 3.8) is 0 Å². The normalized spacial score (nSPS) is 20.6. The molecule has 12 heteroatoms. The van der Waals surface area contributed by atoms with Gasteiger partial charge in [-0.15, -0.1) is 5.10 Å². The number of nitrogens with zero attached hydrogens (tertiary/aromatic N) is 6. The number of imidazole rings is 1. The molecule has 1 aromatic carbocycles. The lowest BCUT2D eigenvalue weighted by molar-refractivity contribution is 0.139. The standard InChI is InChI=1S/C24H29ClN10O/c25-21-19(30-24-31-22(29-16-1-2-16)23-28-13-18(12-27)35(23)32-24)9-15(11-26)10-20(21)34-6-4-33(5-7-34)17-3-8-36-14-17/h9-13,16-17,26-27H,1-8,14H2,(H2,29,30,31,32). The molecule has 3 aliphatic rings. The molecule has 3 aromatic rings. The Morgan fingerprint density at radius 3 is 2.61 bits per heavy atom. The zero-order chi connectivity index (χ0) is 24.6. The van der Waals surface area contributed by atoms with Gasteiger partial charge in [0.25, 0.3) is 0 Å². The molecule has 2 aromatic heterocycles. The number of hydrogen-bond donors (Lipinski definition) is 4. The van der Waals surface area contributed by atoms with Crippen LogP contribution in [0.5, 0.6) is 0 Å². The molecule has 6 rings (SSSR count). The first-order chi connectivity index (χ1) is 17.6. The van der Waals surface area contributed by atoms with E-state index in [-0.39, 0.29) is 0 Å². The third kappa shape index (κ3) is 4.49. The Labute approximate surface area is 213 Å². The topological polar surface area (TPSA) is 131 Å². The molecular weight excluding hydrogens is 480 g/mol. The molecule has 4 N–H and O–H groups in total. The van der Waals surface area contributed by atoms with E-state index in [1.54, 1.807) is 10.7 Å². The van der Waals surface area contributed by atoms with Crippen LogP contribution >= 0.6 is 11.6 Å². The molecule has 0 amide bonds. The number of anilines is 4. The number of nitrogens with one attached hydrogen (secondary N) is 4. The Bertz CT molecular complexity index is 1290. The number of ether oxygens (including phenoxy) is 1. The maximum atomic E-state index is 7.89. The van der Waals surface area contributed by atoms with E-state index >= 15 is 0 Å². The largest absolute Gasteiger partial charge is 0.380 e. The van der Waals surface area contributed by atoms with E-state index in [1.165, 1.54) is 12.4 Å². The summed E-state index contributed by atoms with van der Waals surface area (Å²) in [5.74, 6) is 0.961. The summed E-state index contributed by atoms with van der Waals surface area (Å²) >= 11 is 6.93. The molecule has 188 valence electrons. The Balaban J connectivity index is 1.29. The molecule has 0 spiro atoms. The Hall–Kier alpha value is -3.28. The van der Waals surface area contributed by atoms with Crippen molar-refractivity contribution in [3.05, 3.63) is 34.6 Å². The second kappa shape index (κ2) is 9.64. The second-order valence-corrected chi connectivity index (χ2v) is 9.85. The SMILES string of the molecule is N=Cc1cc(Nc2nc(NC3CC3)c3ncc(C=N)n3n2)c(Cl)c(N2CCN(C3CCOC3)CC2)c1. The summed E-state index contributed by atoms with van der Waals surface area (Å²) in [6.45, 7) is 5.27. The summed E-state index contributed by atoms with van der Waals surface area (Å²) in [4.78, 5) is 13.9. The van der Waals surface area contributed by atoms with Gasteiger partial charge in [0.15, 0.2) is 11.5 Å². The van der Waals surface area contributed by atoms with Gasteiger partial charge in [-0.3, -0.25) is 4.90 Å². The quantitative estimate of drug-likeness (QED) is 0.341. The highest BCUT2D eigenvalue weighted by molar-refractivity contribution is 6.36. The molecule has 3 fully saturated rings. The lowest BCUT2D eigenvalue weighted by Crippen LogP contribution is -2.50. The van der Waals surface area contributed by atoms with Crippen molar-refractivity contribution < 1.29 is 4.74 Å². The summed E-state index contributed by atoms with van der Waals surface area (Å²) in [6, 6.07) is 4.68. The molecule has 1 aliphatic carbocycles. The summed E-state index contributed by atoms with van der Waals surface area (Å²) in [7, 11) is 0. The summed E-state index contributed by atoms with van der Waals surface area (Å²) in [6.07, 6.45) is 7.43. The molecule has 1 unspecified atom stereocenters. The van der Waals surface area contributed by atoms with Crippen molar-refractivity contribution in [1.29, 1.82) is 10.8 Å². The van der Waals surface area contributed by atoms with Crippen LogP contribution in [0.25, 0.3) is 5.65 Å². The first-order valence-corrected chi connectivity index (χ1v) is 12.7. The van der Waals surface area contributed by atoms with E-state index in [9.17, 15) is 0 Å². The number of benzene rings is 1. The van der Waals surface area contributed by atoms with Gasteiger partial charge in [0.1, 0.15) is 5.69 Å². The molecule has 2 saturated heterocycles. The van der Waals surface area contributed by atoms with E-state index in [0.717, 1.165) is 69.9 Å². The van der Waals surface area contributed by atoms with Crippen LogP contribution < -0.4 is 15.5 Å². The van der Waals surface area contributed by atoms with Crippen LogP contribution in [-0.4, -0.2) is 88.4 Å². The van der Waals surface area contributed by atoms with Gasteiger partial charge in [-0.05, 0) is 37.0 Å². The lowest BCUT2D eigenvalue weighted by atomic mass is 10.1. The first kappa shape index (κ1) is 23.1. The van der Waals surface area contributed by atoms with Gasteiger partial charge in [0, 0.05) is 57.3 Å². The van der Waals surface area contributed by atoms with Crippen LogP contribution in [0.1, 0.15) is 30.5 Å². The van der Waals surface area contributed by atoms with Crippen molar-refractivity contribution in [2.45, 2.75) is 31.3 Å². The van der Waals surface area contributed by atoms with Crippen LogP contribution in [0.3, 0.4) is 0 Å². The maximum absolute atomic E-state index is 7.89. The molecule has 4 heterocycles. The lowest BCUT2D eigenvalue weighted by Gasteiger charge is -2.39. The molecule has 11 nitrogen and oxygen atoms in total. The molecule has 0 bridgehead atoms. The van der Waals surface area contributed by atoms with Gasteiger partial charge in [-0.1, -0.05) is 11.6 Å². The highest BCUT2D eigenvalue weighted by Crippen LogP contribution is 2.36. The number of hydrogen-bond acceptors (Lipinski definition) is 10. The van der Waals surface area contributed by atoms with E-state index in [1.807, 2.05) is 12.1 Å². The highest BCUT2D eigenvalue weighted by atomic mass is 35.5. The average Bonchev–Trinajstić information content (AvgIpc) is 3.37. The van der Waals surface area contributed by atoms with Crippen LogP contribution in [0.15, 0.2) is 18.3 Å². The summed E-state index contributed by atoms with van der Waals surface area (Å²) in [5.41, 5.74) is 3.40. The third-order valence-corrected chi connectivity index (χ3v) is 7.42. The molecule has 1 atom stereocenters. The van der Waals surface area contributed by atoms with Gasteiger partial charge in [-0.2, -0.15) is 4.98 Å². The molecule has 0 radical (unpaired) electrons. The van der Waals surface area contributed by atoms with Gasteiger partial charge in [-0.25, -0.2) is 9.50 Å². The predicted octanol–water partition coefficient (Wildman–Crippen LogP) is 3.00. The average molecular weight is 509 g/mol. The minimum atomic E-state index is 0.341. The van der Waals surface area contributed by atoms with Crippen LogP contribution in [0.2, 0.25) is 5.02 Å². The van der Waals surface area contributed by atoms with E-state index in [0.29, 0.717) is 45.9 Å². The first-order valence-electron chi connectivity index (χ1n) is 12.3.